The van der Waals surface area contributed by atoms with E-state index < -0.39 is 5.97 Å². The number of carboxylic acid groups (broad SMARTS) is 1. The number of hydroxylamine groups is 1. The summed E-state index contributed by atoms with van der Waals surface area (Å²) in [6, 6.07) is 24.2. The molecule has 3 N–H and O–H groups in total. The summed E-state index contributed by atoms with van der Waals surface area (Å²) in [4.78, 5) is 16.2. The third kappa shape index (κ3) is 5.92. The molecule has 0 aromatic heterocycles. The lowest BCUT2D eigenvalue weighted by molar-refractivity contribution is -0.138. The first kappa shape index (κ1) is 22.8. The summed E-state index contributed by atoms with van der Waals surface area (Å²) in [5.41, 5.74) is 8.60. The van der Waals surface area contributed by atoms with Gasteiger partial charge in [-0.25, -0.2) is 0 Å². The quantitative estimate of drug-likeness (QED) is 0.357. The molecule has 33 heavy (non-hydrogen) atoms. The summed E-state index contributed by atoms with van der Waals surface area (Å²) in [6.45, 7) is 3.22. The molecule has 3 atom stereocenters. The van der Waals surface area contributed by atoms with Crippen LogP contribution in [-0.4, -0.2) is 24.8 Å². The van der Waals surface area contributed by atoms with Crippen molar-refractivity contribution < 1.29 is 19.5 Å². The Morgan fingerprint density at radius 2 is 1.79 bits per heavy atom. The molecule has 3 unspecified atom stereocenters. The van der Waals surface area contributed by atoms with Gasteiger partial charge in [-0.3, -0.25) is 4.79 Å². The summed E-state index contributed by atoms with van der Waals surface area (Å²) >= 11 is 0. The smallest absolute Gasteiger partial charge is 0.307 e. The van der Waals surface area contributed by atoms with Crippen LogP contribution in [0.2, 0.25) is 0 Å². The molecule has 0 saturated heterocycles. The minimum atomic E-state index is -0.699. The van der Waals surface area contributed by atoms with Crippen LogP contribution in [0.25, 0.3) is 0 Å². The molecule has 0 spiro atoms. The first-order chi connectivity index (χ1) is 16.0. The number of benzene rings is 3. The Balaban J connectivity index is 1.27. The molecule has 0 aliphatic heterocycles. The van der Waals surface area contributed by atoms with Gasteiger partial charge in [0.15, 0.2) is 0 Å². The molecular weight excluding hydrogens is 416 g/mol. The SMILES string of the molecule is CONC(COc1ccc(CNc2ccc(C3CC3C(=O)O)cc2)cc1)c1ccccc1C. The van der Waals surface area contributed by atoms with E-state index in [1.54, 1.807) is 7.11 Å². The number of anilines is 1. The van der Waals surface area contributed by atoms with E-state index in [1.807, 2.05) is 60.7 Å². The van der Waals surface area contributed by atoms with Gasteiger partial charge in [-0.15, -0.1) is 0 Å². The van der Waals surface area contributed by atoms with Crippen molar-refractivity contribution in [3.8, 4) is 5.75 Å². The van der Waals surface area contributed by atoms with Gasteiger partial charge in [0.2, 0.25) is 0 Å². The predicted octanol–water partition coefficient (Wildman–Crippen LogP) is 5.07. The zero-order valence-electron chi connectivity index (χ0n) is 19.0. The van der Waals surface area contributed by atoms with E-state index in [1.165, 1.54) is 5.56 Å². The molecule has 0 amide bonds. The van der Waals surface area contributed by atoms with Crippen LogP contribution in [0.15, 0.2) is 72.8 Å². The Labute approximate surface area is 194 Å². The van der Waals surface area contributed by atoms with Gasteiger partial charge < -0.3 is 20.0 Å². The van der Waals surface area contributed by atoms with Crippen LogP contribution < -0.4 is 15.5 Å². The molecule has 0 heterocycles. The first-order valence-corrected chi connectivity index (χ1v) is 11.2. The Hall–Kier alpha value is -3.35. The van der Waals surface area contributed by atoms with E-state index >= 15 is 0 Å². The van der Waals surface area contributed by atoms with Crippen LogP contribution in [0.4, 0.5) is 5.69 Å². The van der Waals surface area contributed by atoms with Crippen molar-refractivity contribution in [2.24, 2.45) is 5.92 Å². The highest BCUT2D eigenvalue weighted by Crippen LogP contribution is 2.47. The van der Waals surface area contributed by atoms with Gasteiger partial charge in [-0.2, -0.15) is 5.48 Å². The molecule has 1 aliphatic carbocycles. The highest BCUT2D eigenvalue weighted by Gasteiger charge is 2.43. The second-order valence-electron chi connectivity index (χ2n) is 8.45. The summed E-state index contributed by atoms with van der Waals surface area (Å²) in [6.07, 6.45) is 0.740. The second kappa shape index (κ2) is 10.5. The summed E-state index contributed by atoms with van der Waals surface area (Å²) in [5, 5.41) is 12.5. The Morgan fingerprint density at radius 1 is 1.06 bits per heavy atom. The molecule has 0 radical (unpaired) electrons. The second-order valence-corrected chi connectivity index (χ2v) is 8.45. The number of carboxylic acids is 1. The average molecular weight is 447 g/mol. The standard InChI is InChI=1S/C27H30N2O4/c1-18-5-3-4-6-23(18)26(29-32-2)17-33-22-13-7-19(8-14-22)16-28-21-11-9-20(10-12-21)24-15-25(24)27(30)31/h3-14,24-26,28-29H,15-17H2,1-2H3,(H,30,31). The highest BCUT2D eigenvalue weighted by atomic mass is 16.6. The van der Waals surface area contributed by atoms with Gasteiger partial charge in [0, 0.05) is 12.2 Å². The highest BCUT2D eigenvalue weighted by molar-refractivity contribution is 5.75. The minimum absolute atomic E-state index is 0.0677. The third-order valence-electron chi connectivity index (χ3n) is 6.11. The number of aryl methyl sites for hydroxylation is 1. The van der Waals surface area contributed by atoms with Crippen LogP contribution >= 0.6 is 0 Å². The molecule has 1 fully saturated rings. The first-order valence-electron chi connectivity index (χ1n) is 11.2. The maximum Gasteiger partial charge on any atom is 0.307 e. The Kier molecular flexibility index (Phi) is 7.27. The molecule has 6 nitrogen and oxygen atoms in total. The Morgan fingerprint density at radius 3 is 2.42 bits per heavy atom. The van der Waals surface area contributed by atoms with Gasteiger partial charge >= 0.3 is 5.97 Å². The van der Waals surface area contributed by atoms with E-state index in [2.05, 4.69) is 29.9 Å². The molecule has 6 heteroatoms. The van der Waals surface area contributed by atoms with Gasteiger partial charge in [-0.05, 0) is 65.8 Å². The molecular formula is C27H30N2O4. The number of nitrogens with one attached hydrogen (secondary N) is 2. The maximum absolute atomic E-state index is 11.0. The van der Waals surface area contributed by atoms with Gasteiger partial charge in [0.05, 0.1) is 19.1 Å². The number of rotatable bonds is 11. The zero-order valence-corrected chi connectivity index (χ0v) is 19.0. The van der Waals surface area contributed by atoms with Crippen LogP contribution in [0, 0.1) is 12.8 Å². The topological polar surface area (TPSA) is 79.8 Å². The van der Waals surface area contributed by atoms with Crippen molar-refractivity contribution in [3.63, 3.8) is 0 Å². The van der Waals surface area contributed by atoms with Crippen LogP contribution in [-0.2, 0) is 16.2 Å². The van der Waals surface area contributed by atoms with Crippen molar-refractivity contribution in [3.05, 3.63) is 95.1 Å². The maximum atomic E-state index is 11.0. The van der Waals surface area contributed by atoms with E-state index in [0.29, 0.717) is 13.2 Å². The zero-order chi connectivity index (χ0) is 23.2. The molecule has 4 rings (SSSR count). The van der Waals surface area contributed by atoms with Crippen molar-refractivity contribution in [1.82, 2.24) is 5.48 Å². The van der Waals surface area contributed by atoms with E-state index in [-0.39, 0.29) is 17.9 Å². The fourth-order valence-corrected chi connectivity index (χ4v) is 4.08. The molecule has 3 aromatic rings. The van der Waals surface area contributed by atoms with Crippen molar-refractivity contribution in [1.29, 1.82) is 0 Å². The lowest BCUT2D eigenvalue weighted by Crippen LogP contribution is -2.26. The molecule has 1 aliphatic rings. The fourth-order valence-electron chi connectivity index (χ4n) is 4.08. The summed E-state index contributed by atoms with van der Waals surface area (Å²) < 4.78 is 6.01. The summed E-state index contributed by atoms with van der Waals surface area (Å²) in [5.74, 6) is 0.0442. The predicted molar refractivity (Wildman–Crippen MR) is 128 cm³/mol. The van der Waals surface area contributed by atoms with Gasteiger partial charge in [0.25, 0.3) is 0 Å². The Bertz CT molecular complexity index is 1070. The molecule has 0 bridgehead atoms. The van der Waals surface area contributed by atoms with Crippen molar-refractivity contribution in [2.75, 3.05) is 19.0 Å². The number of ether oxygens (including phenoxy) is 1. The van der Waals surface area contributed by atoms with Crippen molar-refractivity contribution >= 4 is 11.7 Å². The molecule has 1 saturated carbocycles. The van der Waals surface area contributed by atoms with Gasteiger partial charge in [0.1, 0.15) is 12.4 Å². The van der Waals surface area contributed by atoms with Gasteiger partial charge in [-0.1, -0.05) is 48.5 Å². The van der Waals surface area contributed by atoms with Crippen LogP contribution in [0.5, 0.6) is 5.75 Å². The lowest BCUT2D eigenvalue weighted by Gasteiger charge is -2.20. The lowest BCUT2D eigenvalue weighted by atomic mass is 10.0. The summed E-state index contributed by atoms with van der Waals surface area (Å²) in [7, 11) is 1.61. The monoisotopic (exact) mass is 446 g/mol. The molecule has 3 aromatic carbocycles. The number of hydrogen-bond donors (Lipinski definition) is 3. The largest absolute Gasteiger partial charge is 0.492 e. The molecule has 172 valence electrons. The van der Waals surface area contributed by atoms with E-state index in [0.717, 1.165) is 34.5 Å². The normalized spacial score (nSPS) is 17.9. The fraction of sp³-hybridized carbons (Fsp3) is 0.296. The van der Waals surface area contributed by atoms with Crippen LogP contribution in [0.1, 0.15) is 40.6 Å². The van der Waals surface area contributed by atoms with E-state index in [4.69, 9.17) is 14.7 Å². The third-order valence-corrected chi connectivity index (χ3v) is 6.11. The average Bonchev–Trinajstić information content (AvgIpc) is 3.63. The minimum Gasteiger partial charge on any atom is -0.492 e. The van der Waals surface area contributed by atoms with Crippen LogP contribution in [0.3, 0.4) is 0 Å². The number of hydrogen-bond acceptors (Lipinski definition) is 5. The van der Waals surface area contributed by atoms with E-state index in [9.17, 15) is 4.79 Å². The number of carbonyl (C=O) groups is 1. The number of aliphatic carboxylic acids is 1. The van der Waals surface area contributed by atoms with Crippen molar-refractivity contribution in [2.45, 2.75) is 31.8 Å².